The molecule has 1 aromatic carbocycles. The molecule has 0 radical (unpaired) electrons. The number of ether oxygens (including phenoxy) is 1. The number of hydrogen-bond donors (Lipinski definition) is 0. The van der Waals surface area contributed by atoms with E-state index in [0.29, 0.717) is 5.92 Å². The van der Waals surface area contributed by atoms with Gasteiger partial charge in [0.2, 0.25) is 5.82 Å². The molecule has 0 N–H and O–H groups in total. The van der Waals surface area contributed by atoms with Crippen molar-refractivity contribution in [1.82, 2.24) is 0 Å². The van der Waals surface area contributed by atoms with Crippen LogP contribution in [0.25, 0.3) is 0 Å². The molecular formula is C21H28F2O. The van der Waals surface area contributed by atoms with Gasteiger partial charge in [-0.2, -0.15) is 4.39 Å². The highest BCUT2D eigenvalue weighted by molar-refractivity contribution is 5.26. The Kier molecular flexibility index (Phi) is 5.57. The van der Waals surface area contributed by atoms with Gasteiger partial charge in [-0.3, -0.25) is 0 Å². The predicted octanol–water partition coefficient (Wildman–Crippen LogP) is 6.43. The summed E-state index contributed by atoms with van der Waals surface area (Å²) in [5.41, 5.74) is -0.112. The zero-order valence-corrected chi connectivity index (χ0v) is 14.4. The third kappa shape index (κ3) is 3.50. The summed E-state index contributed by atoms with van der Waals surface area (Å²) in [6.07, 6.45) is 13.4. The summed E-state index contributed by atoms with van der Waals surface area (Å²) < 4.78 is 34.0. The fraction of sp³-hybridized carbons (Fsp3) is 0.619. The molecule has 1 atom stereocenters. The van der Waals surface area contributed by atoms with Crippen molar-refractivity contribution in [1.29, 1.82) is 0 Å². The standard InChI is InChI=1S/C21H28F2O/c1-2-21(14-7-4-8-15-21)20(16-10-5-3-6-11-16)24-18-13-9-12-17(22)19(18)23/h2,9,12-13,16,20H,1,3-8,10-11,14-15H2. The molecule has 24 heavy (non-hydrogen) atoms. The van der Waals surface area contributed by atoms with Gasteiger partial charge in [-0.05, 0) is 43.7 Å². The minimum Gasteiger partial charge on any atom is -0.486 e. The highest BCUT2D eigenvalue weighted by Crippen LogP contribution is 2.47. The van der Waals surface area contributed by atoms with Crippen LogP contribution in [0.2, 0.25) is 0 Å². The average molecular weight is 334 g/mol. The Balaban J connectivity index is 1.91. The molecule has 0 saturated heterocycles. The fourth-order valence-electron chi connectivity index (χ4n) is 4.65. The first-order valence-electron chi connectivity index (χ1n) is 9.40. The minimum absolute atomic E-state index is 0.0531. The van der Waals surface area contributed by atoms with E-state index in [1.165, 1.54) is 31.7 Å². The van der Waals surface area contributed by atoms with Crippen LogP contribution in [-0.2, 0) is 0 Å². The maximum Gasteiger partial charge on any atom is 0.200 e. The maximum atomic E-state index is 14.2. The Bertz CT molecular complexity index is 557. The number of halogens is 2. The summed E-state index contributed by atoms with van der Waals surface area (Å²) >= 11 is 0. The predicted molar refractivity (Wildman–Crippen MR) is 93.1 cm³/mol. The highest BCUT2D eigenvalue weighted by Gasteiger charge is 2.43. The van der Waals surface area contributed by atoms with Crippen molar-refractivity contribution < 1.29 is 13.5 Å². The van der Waals surface area contributed by atoms with E-state index in [0.717, 1.165) is 44.6 Å². The first kappa shape index (κ1) is 17.4. The monoisotopic (exact) mass is 334 g/mol. The molecule has 0 bridgehead atoms. The van der Waals surface area contributed by atoms with Gasteiger partial charge in [0.25, 0.3) is 0 Å². The lowest BCUT2D eigenvalue weighted by Crippen LogP contribution is -2.45. The van der Waals surface area contributed by atoms with Crippen LogP contribution < -0.4 is 4.74 Å². The Morgan fingerprint density at radius 1 is 1.04 bits per heavy atom. The van der Waals surface area contributed by atoms with Crippen molar-refractivity contribution in [3.8, 4) is 5.75 Å². The Labute approximate surface area is 144 Å². The molecule has 1 aromatic rings. The van der Waals surface area contributed by atoms with Crippen LogP contribution in [-0.4, -0.2) is 6.10 Å². The Morgan fingerprint density at radius 2 is 1.71 bits per heavy atom. The van der Waals surface area contributed by atoms with Crippen LogP contribution in [0.4, 0.5) is 8.78 Å². The van der Waals surface area contributed by atoms with E-state index in [2.05, 4.69) is 6.58 Å². The van der Waals surface area contributed by atoms with Crippen LogP contribution in [0.15, 0.2) is 30.9 Å². The summed E-state index contributed by atoms with van der Waals surface area (Å²) in [5, 5.41) is 0. The summed E-state index contributed by atoms with van der Waals surface area (Å²) in [5.74, 6) is -1.26. The smallest absolute Gasteiger partial charge is 0.200 e. The molecule has 1 nitrogen and oxygen atoms in total. The van der Waals surface area contributed by atoms with Crippen LogP contribution >= 0.6 is 0 Å². The van der Waals surface area contributed by atoms with Crippen molar-refractivity contribution in [3.63, 3.8) is 0 Å². The number of benzene rings is 1. The molecule has 1 unspecified atom stereocenters. The highest BCUT2D eigenvalue weighted by atomic mass is 19.2. The molecular weight excluding hydrogens is 306 g/mol. The van der Waals surface area contributed by atoms with Gasteiger partial charge in [-0.15, -0.1) is 6.58 Å². The molecule has 0 aromatic heterocycles. The second kappa shape index (κ2) is 7.67. The van der Waals surface area contributed by atoms with Crippen molar-refractivity contribution in [2.24, 2.45) is 11.3 Å². The maximum absolute atomic E-state index is 14.2. The second-order valence-electron chi connectivity index (χ2n) is 7.49. The zero-order valence-electron chi connectivity index (χ0n) is 14.4. The van der Waals surface area contributed by atoms with Gasteiger partial charge in [0, 0.05) is 5.41 Å². The van der Waals surface area contributed by atoms with Gasteiger partial charge in [0.05, 0.1) is 0 Å². The van der Waals surface area contributed by atoms with Gasteiger partial charge in [0.1, 0.15) is 6.10 Å². The normalized spacial score (nSPS) is 22.8. The van der Waals surface area contributed by atoms with E-state index in [1.54, 1.807) is 6.07 Å². The quantitative estimate of drug-likeness (QED) is 0.564. The van der Waals surface area contributed by atoms with Crippen LogP contribution in [0.3, 0.4) is 0 Å². The van der Waals surface area contributed by atoms with Gasteiger partial charge >= 0.3 is 0 Å². The molecule has 2 fully saturated rings. The van der Waals surface area contributed by atoms with E-state index < -0.39 is 11.6 Å². The summed E-state index contributed by atoms with van der Waals surface area (Å²) in [4.78, 5) is 0. The van der Waals surface area contributed by atoms with Crippen LogP contribution in [0, 0.1) is 23.0 Å². The van der Waals surface area contributed by atoms with Crippen molar-refractivity contribution in [3.05, 3.63) is 42.5 Å². The second-order valence-corrected chi connectivity index (χ2v) is 7.49. The fourth-order valence-corrected chi connectivity index (χ4v) is 4.65. The molecule has 3 rings (SSSR count). The Morgan fingerprint density at radius 3 is 2.38 bits per heavy atom. The molecule has 0 spiro atoms. The van der Waals surface area contributed by atoms with Gasteiger partial charge in [-0.25, -0.2) is 4.39 Å². The molecule has 0 aliphatic heterocycles. The summed E-state index contributed by atoms with van der Waals surface area (Å²) in [6, 6.07) is 4.21. The van der Waals surface area contributed by atoms with Crippen molar-refractivity contribution in [2.75, 3.05) is 0 Å². The van der Waals surface area contributed by atoms with Crippen molar-refractivity contribution >= 4 is 0 Å². The topological polar surface area (TPSA) is 9.23 Å². The van der Waals surface area contributed by atoms with Crippen molar-refractivity contribution in [2.45, 2.75) is 70.3 Å². The molecule has 3 heteroatoms. The van der Waals surface area contributed by atoms with E-state index in [-0.39, 0.29) is 17.3 Å². The van der Waals surface area contributed by atoms with Gasteiger partial charge < -0.3 is 4.74 Å². The van der Waals surface area contributed by atoms with E-state index in [4.69, 9.17) is 4.74 Å². The number of rotatable bonds is 5. The number of hydrogen-bond acceptors (Lipinski definition) is 1. The van der Waals surface area contributed by atoms with E-state index in [1.807, 2.05) is 6.08 Å². The summed E-state index contributed by atoms with van der Waals surface area (Å²) in [7, 11) is 0. The van der Waals surface area contributed by atoms with Gasteiger partial charge in [0.15, 0.2) is 11.6 Å². The average Bonchev–Trinajstić information content (AvgIpc) is 2.64. The first-order valence-corrected chi connectivity index (χ1v) is 9.40. The van der Waals surface area contributed by atoms with Crippen LogP contribution in [0.1, 0.15) is 64.2 Å². The summed E-state index contributed by atoms with van der Waals surface area (Å²) in [6.45, 7) is 4.11. The SMILES string of the molecule is C=CC1(C(Oc2cccc(F)c2F)C2CCCCC2)CCCCC1. The van der Waals surface area contributed by atoms with E-state index >= 15 is 0 Å². The minimum atomic E-state index is -0.867. The third-order valence-corrected chi connectivity index (χ3v) is 6.01. The molecule has 2 aliphatic carbocycles. The lowest BCUT2D eigenvalue weighted by molar-refractivity contribution is -0.00702. The molecule has 132 valence electrons. The molecule has 0 amide bonds. The van der Waals surface area contributed by atoms with Gasteiger partial charge in [-0.1, -0.05) is 50.7 Å². The van der Waals surface area contributed by atoms with Crippen LogP contribution in [0.5, 0.6) is 5.75 Å². The first-order chi connectivity index (χ1) is 11.7. The van der Waals surface area contributed by atoms with E-state index in [9.17, 15) is 8.78 Å². The third-order valence-electron chi connectivity index (χ3n) is 6.01. The lowest BCUT2D eigenvalue weighted by atomic mass is 9.64. The largest absolute Gasteiger partial charge is 0.486 e. The lowest BCUT2D eigenvalue weighted by Gasteiger charge is -2.45. The molecule has 2 saturated carbocycles. The zero-order chi connectivity index (χ0) is 17.0. The Hall–Kier alpha value is -1.38. The molecule has 0 heterocycles. The molecule has 2 aliphatic rings.